The summed E-state index contributed by atoms with van der Waals surface area (Å²) in [5, 5.41) is 8.76. The molecule has 4 heterocycles. The average Bonchev–Trinajstić information content (AvgIpc) is 3.27. The number of nitrogens with zero attached hydrogens (tertiary/aromatic N) is 5. The SMILES string of the molecule is CN(C)c1cc(N2CC3(COC3)C2)ccc1-c1cn(CC2OCC3(CC3)CO2)nn1. The van der Waals surface area contributed by atoms with Gasteiger partial charge in [0.25, 0.3) is 0 Å². The second kappa shape index (κ2) is 6.67. The van der Waals surface area contributed by atoms with Gasteiger partial charge in [-0.3, -0.25) is 0 Å². The Kier molecular flexibility index (Phi) is 4.13. The minimum Gasteiger partial charge on any atom is -0.380 e. The fraction of sp³-hybridized carbons (Fsp3) is 0.636. The van der Waals surface area contributed by atoms with Crippen molar-refractivity contribution >= 4 is 11.4 Å². The van der Waals surface area contributed by atoms with E-state index >= 15 is 0 Å². The van der Waals surface area contributed by atoms with E-state index in [0.29, 0.717) is 17.4 Å². The summed E-state index contributed by atoms with van der Waals surface area (Å²) < 4.78 is 19.0. The summed E-state index contributed by atoms with van der Waals surface area (Å²) in [4.78, 5) is 4.57. The summed E-state index contributed by atoms with van der Waals surface area (Å²) in [5.74, 6) is 0. The van der Waals surface area contributed by atoms with Crippen molar-refractivity contribution in [2.45, 2.75) is 25.7 Å². The van der Waals surface area contributed by atoms with Crippen molar-refractivity contribution in [3.8, 4) is 11.3 Å². The molecule has 3 saturated heterocycles. The molecule has 4 fully saturated rings. The molecule has 8 heteroatoms. The van der Waals surface area contributed by atoms with Gasteiger partial charge in [0.2, 0.25) is 0 Å². The third kappa shape index (κ3) is 3.18. The lowest BCUT2D eigenvalue weighted by molar-refractivity contribution is -0.213. The van der Waals surface area contributed by atoms with Crippen molar-refractivity contribution in [3.63, 3.8) is 0 Å². The van der Waals surface area contributed by atoms with Crippen LogP contribution in [0, 0.1) is 10.8 Å². The van der Waals surface area contributed by atoms with Crippen LogP contribution < -0.4 is 9.80 Å². The minimum atomic E-state index is -0.240. The molecular weight excluding hydrogens is 382 g/mol. The number of benzene rings is 1. The van der Waals surface area contributed by atoms with Gasteiger partial charge in [0.15, 0.2) is 6.29 Å². The topological polar surface area (TPSA) is 64.9 Å². The second-order valence-electron chi connectivity index (χ2n) is 9.82. The van der Waals surface area contributed by atoms with Gasteiger partial charge in [-0.1, -0.05) is 5.21 Å². The molecule has 0 unspecified atom stereocenters. The number of rotatable bonds is 5. The van der Waals surface area contributed by atoms with Crippen molar-refractivity contribution in [2.75, 3.05) is 63.4 Å². The largest absolute Gasteiger partial charge is 0.380 e. The summed E-state index contributed by atoms with van der Waals surface area (Å²) in [5.41, 5.74) is 5.07. The van der Waals surface area contributed by atoms with Crippen molar-refractivity contribution in [2.24, 2.45) is 10.8 Å². The predicted octanol–water partition coefficient (Wildman–Crippen LogP) is 2.00. The second-order valence-corrected chi connectivity index (χ2v) is 9.82. The third-order valence-corrected chi connectivity index (χ3v) is 6.96. The Hall–Kier alpha value is -2.16. The van der Waals surface area contributed by atoms with E-state index in [1.807, 2.05) is 10.9 Å². The van der Waals surface area contributed by atoms with E-state index in [2.05, 4.69) is 52.4 Å². The zero-order chi connectivity index (χ0) is 20.3. The number of ether oxygens (including phenoxy) is 3. The van der Waals surface area contributed by atoms with Gasteiger partial charge < -0.3 is 24.0 Å². The van der Waals surface area contributed by atoms with Crippen LogP contribution in [-0.4, -0.2) is 74.9 Å². The highest BCUT2D eigenvalue weighted by atomic mass is 16.7. The van der Waals surface area contributed by atoms with Crippen molar-refractivity contribution in [1.29, 1.82) is 0 Å². The lowest BCUT2D eigenvalue weighted by Crippen LogP contribution is -2.66. The standard InChI is InChI=1S/C22H29N5O3/c1-25(2)19-7-16(26-10-22(11-26)12-28-13-22)3-4-17(19)18-8-27(24-23-18)9-20-29-14-21(5-6-21)15-30-20/h3-4,7-8,20H,5-6,9-15H2,1-2H3. The molecule has 2 spiro atoms. The van der Waals surface area contributed by atoms with Crippen LogP contribution >= 0.6 is 0 Å². The number of aromatic nitrogens is 3. The van der Waals surface area contributed by atoms with Gasteiger partial charge in [-0.2, -0.15) is 0 Å². The Labute approximate surface area is 176 Å². The number of anilines is 2. The number of hydrogen-bond donors (Lipinski definition) is 0. The molecule has 2 aromatic rings. The van der Waals surface area contributed by atoms with Gasteiger partial charge in [0.05, 0.1) is 44.6 Å². The Balaban J connectivity index is 1.17. The van der Waals surface area contributed by atoms with Gasteiger partial charge in [-0.05, 0) is 31.0 Å². The molecule has 8 nitrogen and oxygen atoms in total. The molecule has 0 radical (unpaired) electrons. The van der Waals surface area contributed by atoms with Crippen molar-refractivity contribution < 1.29 is 14.2 Å². The smallest absolute Gasteiger partial charge is 0.177 e. The van der Waals surface area contributed by atoms with E-state index in [-0.39, 0.29) is 6.29 Å². The molecular formula is C22H29N5O3. The summed E-state index contributed by atoms with van der Waals surface area (Å²) in [7, 11) is 4.14. The molecule has 0 N–H and O–H groups in total. The zero-order valence-corrected chi connectivity index (χ0v) is 17.7. The average molecular weight is 412 g/mol. The van der Waals surface area contributed by atoms with Gasteiger partial charge in [0, 0.05) is 49.5 Å². The molecule has 1 aromatic carbocycles. The molecule has 6 rings (SSSR count). The van der Waals surface area contributed by atoms with Gasteiger partial charge in [-0.25, -0.2) is 4.68 Å². The molecule has 1 aromatic heterocycles. The fourth-order valence-electron chi connectivity index (χ4n) is 4.69. The normalized spacial score (nSPS) is 24.0. The Morgan fingerprint density at radius 3 is 2.47 bits per heavy atom. The van der Waals surface area contributed by atoms with Crippen LogP contribution in [0.15, 0.2) is 24.4 Å². The molecule has 160 valence electrons. The Morgan fingerprint density at radius 1 is 1.07 bits per heavy atom. The van der Waals surface area contributed by atoms with Crippen LogP contribution in [0.5, 0.6) is 0 Å². The predicted molar refractivity (Wildman–Crippen MR) is 113 cm³/mol. The minimum absolute atomic E-state index is 0.240. The van der Waals surface area contributed by atoms with E-state index in [1.54, 1.807) is 0 Å². The van der Waals surface area contributed by atoms with Crippen molar-refractivity contribution in [3.05, 3.63) is 24.4 Å². The molecule has 0 atom stereocenters. The van der Waals surface area contributed by atoms with Gasteiger partial charge in [0.1, 0.15) is 5.69 Å². The van der Waals surface area contributed by atoms with Crippen LogP contribution in [0.1, 0.15) is 12.8 Å². The maximum atomic E-state index is 5.89. The lowest BCUT2D eigenvalue weighted by atomic mass is 9.77. The van der Waals surface area contributed by atoms with Crippen LogP contribution in [0.4, 0.5) is 11.4 Å². The molecule has 3 aliphatic heterocycles. The molecule has 0 bridgehead atoms. The van der Waals surface area contributed by atoms with E-state index in [9.17, 15) is 0 Å². The maximum absolute atomic E-state index is 5.89. The molecule has 1 aliphatic carbocycles. The highest BCUT2D eigenvalue weighted by Gasteiger charge is 2.49. The first kappa shape index (κ1) is 18.6. The Bertz CT molecular complexity index is 932. The fourth-order valence-corrected chi connectivity index (χ4v) is 4.69. The van der Waals surface area contributed by atoms with E-state index < -0.39 is 0 Å². The first-order valence-electron chi connectivity index (χ1n) is 10.8. The van der Waals surface area contributed by atoms with Crippen molar-refractivity contribution in [1.82, 2.24) is 15.0 Å². The first-order chi connectivity index (χ1) is 14.5. The molecule has 4 aliphatic rings. The Morgan fingerprint density at radius 2 is 1.83 bits per heavy atom. The summed E-state index contributed by atoms with van der Waals surface area (Å²) in [6.07, 6.45) is 4.20. The first-order valence-corrected chi connectivity index (χ1v) is 10.8. The van der Waals surface area contributed by atoms with Crippen LogP contribution in [0.2, 0.25) is 0 Å². The summed E-state index contributed by atoms with van der Waals surface area (Å²) in [6.45, 7) is 6.14. The monoisotopic (exact) mass is 411 g/mol. The van der Waals surface area contributed by atoms with E-state index in [1.165, 1.54) is 18.5 Å². The van der Waals surface area contributed by atoms with Gasteiger partial charge >= 0.3 is 0 Å². The van der Waals surface area contributed by atoms with Gasteiger partial charge in [-0.15, -0.1) is 5.10 Å². The maximum Gasteiger partial charge on any atom is 0.177 e. The van der Waals surface area contributed by atoms with E-state index in [0.717, 1.165) is 56.5 Å². The summed E-state index contributed by atoms with van der Waals surface area (Å²) in [6, 6.07) is 6.60. The highest BCUT2D eigenvalue weighted by molar-refractivity contribution is 5.79. The molecule has 1 saturated carbocycles. The van der Waals surface area contributed by atoms with E-state index in [4.69, 9.17) is 14.2 Å². The molecule has 30 heavy (non-hydrogen) atoms. The lowest BCUT2D eigenvalue weighted by Gasteiger charge is -2.56. The molecule has 0 amide bonds. The van der Waals surface area contributed by atoms with Crippen LogP contribution in [0.25, 0.3) is 11.3 Å². The zero-order valence-electron chi connectivity index (χ0n) is 17.7. The third-order valence-electron chi connectivity index (χ3n) is 6.96. The van der Waals surface area contributed by atoms with Crippen LogP contribution in [0.3, 0.4) is 0 Å². The quantitative estimate of drug-likeness (QED) is 0.746. The highest BCUT2D eigenvalue weighted by Crippen LogP contribution is 2.48. The summed E-state index contributed by atoms with van der Waals surface area (Å²) >= 11 is 0. The number of hydrogen-bond acceptors (Lipinski definition) is 7. The van der Waals surface area contributed by atoms with Crippen LogP contribution in [-0.2, 0) is 20.8 Å².